The number of hydrogen-bond acceptors (Lipinski definition) is 5. The van der Waals surface area contributed by atoms with Crippen LogP contribution in [-0.2, 0) is 19.2 Å². The Labute approximate surface area is 155 Å². The number of carbonyl (C=O) groups excluding carboxylic acids is 2. The highest BCUT2D eigenvalue weighted by Gasteiger charge is 2.43. The zero-order valence-corrected chi connectivity index (χ0v) is 16.2. The number of oxime groups is 1. The van der Waals surface area contributed by atoms with Crippen LogP contribution < -0.4 is 0 Å². The van der Waals surface area contributed by atoms with Crippen molar-refractivity contribution in [3.8, 4) is 0 Å². The van der Waals surface area contributed by atoms with Gasteiger partial charge in [-0.05, 0) is 25.2 Å². The topological polar surface area (TPSA) is 71.4 Å². The first-order chi connectivity index (χ1) is 12.4. The minimum atomic E-state index is -0.476. The Hall–Kier alpha value is -1.63. The van der Waals surface area contributed by atoms with Crippen LogP contribution in [0.15, 0.2) is 5.16 Å². The maximum absolute atomic E-state index is 12.7. The first-order valence-electron chi connectivity index (χ1n) is 9.87. The van der Waals surface area contributed by atoms with Gasteiger partial charge in [0.1, 0.15) is 0 Å². The molecule has 0 aromatic rings. The highest BCUT2D eigenvalue weighted by Crippen LogP contribution is 2.31. The second kappa shape index (κ2) is 7.94. The molecular formula is C19H31N3O4. The molecule has 0 saturated carbocycles. The van der Waals surface area contributed by atoms with Gasteiger partial charge in [-0.2, -0.15) is 0 Å². The minimum absolute atomic E-state index is 0.0222. The van der Waals surface area contributed by atoms with Gasteiger partial charge in [-0.15, -0.1) is 0 Å². The molecule has 2 amide bonds. The van der Waals surface area contributed by atoms with Crippen LogP contribution in [-0.4, -0.2) is 71.8 Å². The Morgan fingerprint density at radius 3 is 2.58 bits per heavy atom. The van der Waals surface area contributed by atoms with Crippen LogP contribution in [0, 0.1) is 5.92 Å². The third kappa shape index (κ3) is 4.03. The van der Waals surface area contributed by atoms with Gasteiger partial charge in [0.25, 0.3) is 5.91 Å². The van der Waals surface area contributed by atoms with Crippen molar-refractivity contribution in [1.82, 2.24) is 9.80 Å². The number of likely N-dealkylation sites (tertiary alicyclic amines) is 1. The standard InChI is InChI=1S/C19H31N3O4/c1-4-5-17(23)22-10-11-25-19(13-22)6-8-21(9-7-19)18(24)16-12-15(14(2)3)20-26-16/h14,16H,4-13H2,1-3H3. The largest absolute Gasteiger partial charge is 0.382 e. The van der Waals surface area contributed by atoms with Crippen molar-refractivity contribution >= 4 is 17.5 Å². The van der Waals surface area contributed by atoms with E-state index in [1.165, 1.54) is 0 Å². The average Bonchev–Trinajstić information content (AvgIpc) is 3.13. The number of rotatable bonds is 4. The van der Waals surface area contributed by atoms with Gasteiger partial charge in [-0.25, -0.2) is 0 Å². The summed E-state index contributed by atoms with van der Waals surface area (Å²) in [5.74, 6) is 0.542. The lowest BCUT2D eigenvalue weighted by Crippen LogP contribution is -2.59. The van der Waals surface area contributed by atoms with Crippen molar-refractivity contribution in [2.75, 3.05) is 32.8 Å². The molecule has 0 aromatic heterocycles. The van der Waals surface area contributed by atoms with E-state index < -0.39 is 6.10 Å². The molecule has 7 nitrogen and oxygen atoms in total. The molecule has 2 saturated heterocycles. The predicted octanol–water partition coefficient (Wildman–Crippen LogP) is 1.81. The van der Waals surface area contributed by atoms with Crippen LogP contribution in [0.2, 0.25) is 0 Å². The van der Waals surface area contributed by atoms with E-state index in [-0.39, 0.29) is 17.4 Å². The van der Waals surface area contributed by atoms with Crippen LogP contribution in [0.3, 0.4) is 0 Å². The summed E-state index contributed by atoms with van der Waals surface area (Å²) in [6.07, 6.45) is 3.11. The van der Waals surface area contributed by atoms with Gasteiger partial charge >= 0.3 is 0 Å². The van der Waals surface area contributed by atoms with Crippen LogP contribution in [0.1, 0.15) is 52.9 Å². The molecular weight excluding hydrogens is 334 g/mol. The molecule has 3 aliphatic rings. The van der Waals surface area contributed by atoms with E-state index in [0.29, 0.717) is 51.5 Å². The molecule has 1 unspecified atom stereocenters. The summed E-state index contributed by atoms with van der Waals surface area (Å²) in [4.78, 5) is 34.1. The lowest BCUT2D eigenvalue weighted by Gasteiger charge is -2.47. The Bertz CT molecular complexity index is 567. The molecule has 3 heterocycles. The lowest BCUT2D eigenvalue weighted by molar-refractivity contribution is -0.166. The molecule has 146 valence electrons. The monoisotopic (exact) mass is 365 g/mol. The number of amides is 2. The fraction of sp³-hybridized carbons (Fsp3) is 0.842. The van der Waals surface area contributed by atoms with Crippen LogP contribution in [0.25, 0.3) is 0 Å². The molecule has 0 bridgehead atoms. The van der Waals surface area contributed by atoms with Crippen molar-refractivity contribution in [1.29, 1.82) is 0 Å². The second-order valence-electron chi connectivity index (χ2n) is 7.96. The summed E-state index contributed by atoms with van der Waals surface area (Å²) in [6.45, 7) is 9.34. The Morgan fingerprint density at radius 1 is 1.23 bits per heavy atom. The first kappa shape index (κ1) is 19.1. The first-order valence-corrected chi connectivity index (χ1v) is 9.87. The van der Waals surface area contributed by atoms with Gasteiger partial charge < -0.3 is 19.4 Å². The summed E-state index contributed by atoms with van der Waals surface area (Å²) in [5.41, 5.74) is 0.659. The number of piperidine rings is 1. The molecule has 3 aliphatic heterocycles. The Balaban J connectivity index is 1.52. The van der Waals surface area contributed by atoms with Gasteiger partial charge in [-0.3, -0.25) is 9.59 Å². The number of carbonyl (C=O) groups is 2. The normalized spacial score (nSPS) is 25.4. The van der Waals surface area contributed by atoms with Crippen molar-refractivity contribution < 1.29 is 19.2 Å². The molecule has 1 atom stereocenters. The predicted molar refractivity (Wildman–Crippen MR) is 97.7 cm³/mol. The van der Waals surface area contributed by atoms with Gasteiger partial charge in [0, 0.05) is 39.0 Å². The number of morpholine rings is 1. The minimum Gasteiger partial charge on any atom is -0.382 e. The number of ether oxygens (including phenoxy) is 1. The van der Waals surface area contributed by atoms with Crippen LogP contribution in [0.5, 0.6) is 0 Å². The van der Waals surface area contributed by atoms with Gasteiger partial charge in [0.2, 0.25) is 12.0 Å². The molecule has 7 heteroatoms. The molecule has 0 aromatic carbocycles. The van der Waals surface area contributed by atoms with Gasteiger partial charge in [0.15, 0.2) is 0 Å². The molecule has 26 heavy (non-hydrogen) atoms. The van der Waals surface area contributed by atoms with E-state index in [1.807, 2.05) is 16.7 Å². The zero-order chi connectivity index (χ0) is 18.7. The van der Waals surface area contributed by atoms with Crippen molar-refractivity contribution in [2.45, 2.75) is 64.6 Å². The fourth-order valence-electron chi connectivity index (χ4n) is 3.94. The quantitative estimate of drug-likeness (QED) is 0.762. The average molecular weight is 365 g/mol. The van der Waals surface area contributed by atoms with E-state index in [1.54, 1.807) is 0 Å². The summed E-state index contributed by atoms with van der Waals surface area (Å²) in [7, 11) is 0. The van der Waals surface area contributed by atoms with Gasteiger partial charge in [0.05, 0.1) is 17.9 Å². The molecule has 2 fully saturated rings. The smallest absolute Gasteiger partial charge is 0.266 e. The van der Waals surface area contributed by atoms with Crippen LogP contribution >= 0.6 is 0 Å². The third-order valence-corrected chi connectivity index (χ3v) is 5.69. The van der Waals surface area contributed by atoms with Gasteiger partial charge in [-0.1, -0.05) is 25.9 Å². The number of nitrogens with zero attached hydrogens (tertiary/aromatic N) is 3. The van der Waals surface area contributed by atoms with E-state index in [4.69, 9.17) is 9.57 Å². The summed E-state index contributed by atoms with van der Waals surface area (Å²) in [6, 6.07) is 0. The third-order valence-electron chi connectivity index (χ3n) is 5.69. The zero-order valence-electron chi connectivity index (χ0n) is 16.2. The molecule has 0 aliphatic carbocycles. The lowest BCUT2D eigenvalue weighted by atomic mass is 9.88. The van der Waals surface area contributed by atoms with Crippen molar-refractivity contribution in [3.05, 3.63) is 0 Å². The highest BCUT2D eigenvalue weighted by molar-refractivity contribution is 5.93. The van der Waals surface area contributed by atoms with Crippen molar-refractivity contribution in [2.24, 2.45) is 11.1 Å². The highest BCUT2D eigenvalue weighted by atomic mass is 16.6. The Morgan fingerprint density at radius 2 is 1.96 bits per heavy atom. The van der Waals surface area contributed by atoms with E-state index >= 15 is 0 Å². The van der Waals surface area contributed by atoms with Crippen molar-refractivity contribution in [3.63, 3.8) is 0 Å². The fourth-order valence-corrected chi connectivity index (χ4v) is 3.94. The maximum atomic E-state index is 12.7. The molecule has 0 N–H and O–H groups in total. The molecule has 3 rings (SSSR count). The summed E-state index contributed by atoms with van der Waals surface area (Å²) >= 11 is 0. The number of hydrogen-bond donors (Lipinski definition) is 0. The second-order valence-corrected chi connectivity index (χ2v) is 7.96. The summed E-state index contributed by atoms with van der Waals surface area (Å²) in [5, 5.41) is 4.06. The summed E-state index contributed by atoms with van der Waals surface area (Å²) < 4.78 is 6.08. The van der Waals surface area contributed by atoms with E-state index in [2.05, 4.69) is 19.0 Å². The maximum Gasteiger partial charge on any atom is 0.266 e. The molecule has 1 spiro atoms. The Kier molecular flexibility index (Phi) is 5.85. The molecule has 0 radical (unpaired) electrons. The van der Waals surface area contributed by atoms with E-state index in [9.17, 15) is 9.59 Å². The van der Waals surface area contributed by atoms with E-state index in [0.717, 1.165) is 25.0 Å². The SMILES string of the molecule is CCCC(=O)N1CCOC2(CCN(C(=O)C3CC(C(C)C)=NO3)CC2)C1. The van der Waals surface area contributed by atoms with Crippen LogP contribution in [0.4, 0.5) is 0 Å².